The van der Waals surface area contributed by atoms with E-state index in [9.17, 15) is 4.79 Å². The SMILES string of the molecule is CCOc1ccc(C(=O)Nc2ccccc2CC)cc1COc1cc(C)cc(C)c1. The van der Waals surface area contributed by atoms with Gasteiger partial charge in [0, 0.05) is 16.8 Å². The van der Waals surface area contributed by atoms with E-state index in [-0.39, 0.29) is 5.91 Å². The van der Waals surface area contributed by atoms with Crippen LogP contribution in [0.2, 0.25) is 0 Å². The van der Waals surface area contributed by atoms with Gasteiger partial charge in [0.05, 0.1) is 6.61 Å². The number of ether oxygens (including phenoxy) is 2. The van der Waals surface area contributed by atoms with Crippen LogP contribution in [0.3, 0.4) is 0 Å². The highest BCUT2D eigenvalue weighted by Gasteiger charge is 2.13. The summed E-state index contributed by atoms with van der Waals surface area (Å²) in [5.74, 6) is 1.39. The Morgan fingerprint density at radius 3 is 2.30 bits per heavy atom. The second-order valence-electron chi connectivity index (χ2n) is 7.33. The van der Waals surface area contributed by atoms with E-state index in [1.54, 1.807) is 6.07 Å². The van der Waals surface area contributed by atoms with Crippen LogP contribution >= 0.6 is 0 Å². The van der Waals surface area contributed by atoms with Gasteiger partial charge in [0.15, 0.2) is 0 Å². The Bertz CT molecular complexity index is 1010. The fourth-order valence-electron chi connectivity index (χ4n) is 3.45. The molecule has 0 saturated heterocycles. The molecular weight excluding hydrogens is 374 g/mol. The van der Waals surface area contributed by atoms with E-state index in [0.717, 1.165) is 45.9 Å². The predicted molar refractivity (Wildman–Crippen MR) is 122 cm³/mol. The van der Waals surface area contributed by atoms with Gasteiger partial charge in [-0.1, -0.05) is 31.2 Å². The van der Waals surface area contributed by atoms with Crippen molar-refractivity contribution in [1.29, 1.82) is 0 Å². The molecule has 156 valence electrons. The Hall–Kier alpha value is -3.27. The van der Waals surface area contributed by atoms with Crippen molar-refractivity contribution in [2.75, 3.05) is 11.9 Å². The first-order valence-corrected chi connectivity index (χ1v) is 10.4. The second-order valence-corrected chi connectivity index (χ2v) is 7.33. The average Bonchev–Trinajstić information content (AvgIpc) is 2.73. The molecule has 0 aliphatic rings. The van der Waals surface area contributed by atoms with Crippen LogP contribution in [-0.4, -0.2) is 12.5 Å². The summed E-state index contributed by atoms with van der Waals surface area (Å²) in [7, 11) is 0. The molecule has 0 radical (unpaired) electrons. The number of amides is 1. The van der Waals surface area contributed by atoms with Gasteiger partial charge in [0.1, 0.15) is 18.1 Å². The average molecular weight is 404 g/mol. The fraction of sp³-hybridized carbons (Fsp3) is 0.269. The van der Waals surface area contributed by atoms with Gasteiger partial charge >= 0.3 is 0 Å². The molecule has 3 aromatic rings. The first-order valence-electron chi connectivity index (χ1n) is 10.4. The van der Waals surface area contributed by atoms with Crippen LogP contribution < -0.4 is 14.8 Å². The maximum absolute atomic E-state index is 12.9. The molecule has 30 heavy (non-hydrogen) atoms. The van der Waals surface area contributed by atoms with Crippen LogP contribution in [0, 0.1) is 13.8 Å². The third-order valence-corrected chi connectivity index (χ3v) is 4.86. The largest absolute Gasteiger partial charge is 0.493 e. The highest BCUT2D eigenvalue weighted by atomic mass is 16.5. The van der Waals surface area contributed by atoms with Crippen molar-refractivity contribution in [3.8, 4) is 11.5 Å². The first kappa shape index (κ1) is 21.4. The fourth-order valence-corrected chi connectivity index (χ4v) is 3.45. The Kier molecular flexibility index (Phi) is 7.12. The molecule has 0 aromatic heterocycles. The summed E-state index contributed by atoms with van der Waals surface area (Å²) in [6.07, 6.45) is 0.856. The number of hydrogen-bond donors (Lipinski definition) is 1. The minimum absolute atomic E-state index is 0.147. The van der Waals surface area contributed by atoms with Gasteiger partial charge in [0.25, 0.3) is 5.91 Å². The van der Waals surface area contributed by atoms with E-state index in [1.165, 1.54) is 0 Å². The molecule has 4 nitrogen and oxygen atoms in total. The van der Waals surface area contributed by atoms with Gasteiger partial charge in [-0.25, -0.2) is 0 Å². The van der Waals surface area contributed by atoms with Gasteiger partial charge in [0.2, 0.25) is 0 Å². The van der Waals surface area contributed by atoms with Crippen molar-refractivity contribution in [2.24, 2.45) is 0 Å². The number of hydrogen-bond acceptors (Lipinski definition) is 3. The summed E-state index contributed by atoms with van der Waals surface area (Å²) in [6.45, 7) is 8.98. The molecule has 0 saturated carbocycles. The number of carbonyl (C=O) groups is 1. The van der Waals surface area contributed by atoms with Crippen molar-refractivity contribution in [1.82, 2.24) is 0 Å². The topological polar surface area (TPSA) is 47.6 Å². The van der Waals surface area contributed by atoms with Crippen molar-refractivity contribution in [3.63, 3.8) is 0 Å². The Labute approximate surface area is 178 Å². The number of rotatable bonds is 8. The zero-order chi connectivity index (χ0) is 21.5. The molecule has 0 fully saturated rings. The van der Waals surface area contributed by atoms with E-state index >= 15 is 0 Å². The van der Waals surface area contributed by atoms with Crippen LogP contribution in [0.5, 0.6) is 11.5 Å². The molecule has 3 aromatic carbocycles. The molecule has 0 heterocycles. The van der Waals surface area contributed by atoms with Crippen LogP contribution in [0.1, 0.15) is 46.5 Å². The number of aryl methyl sites for hydroxylation is 3. The number of para-hydroxylation sites is 1. The monoisotopic (exact) mass is 403 g/mol. The highest BCUT2D eigenvalue weighted by molar-refractivity contribution is 6.04. The molecular formula is C26H29NO3. The van der Waals surface area contributed by atoms with Crippen molar-refractivity contribution < 1.29 is 14.3 Å². The third kappa shape index (κ3) is 5.41. The van der Waals surface area contributed by atoms with E-state index in [0.29, 0.717) is 18.8 Å². The summed E-state index contributed by atoms with van der Waals surface area (Å²) in [5, 5.41) is 3.02. The van der Waals surface area contributed by atoms with Crippen LogP contribution in [0.15, 0.2) is 60.7 Å². The summed E-state index contributed by atoms with van der Waals surface area (Å²) in [6, 6.07) is 19.4. The van der Waals surface area contributed by atoms with Crippen molar-refractivity contribution in [2.45, 2.75) is 40.7 Å². The Morgan fingerprint density at radius 1 is 0.867 bits per heavy atom. The zero-order valence-corrected chi connectivity index (χ0v) is 18.1. The molecule has 4 heteroatoms. The van der Waals surface area contributed by atoms with Crippen LogP contribution in [0.4, 0.5) is 5.69 Å². The third-order valence-electron chi connectivity index (χ3n) is 4.86. The first-order chi connectivity index (χ1) is 14.5. The van der Waals surface area contributed by atoms with Gasteiger partial charge in [-0.05, 0) is 80.3 Å². The van der Waals surface area contributed by atoms with Gasteiger partial charge in [-0.15, -0.1) is 0 Å². The smallest absolute Gasteiger partial charge is 0.255 e. The Balaban J connectivity index is 1.81. The maximum atomic E-state index is 12.9. The quantitative estimate of drug-likeness (QED) is 0.495. The lowest BCUT2D eigenvalue weighted by Crippen LogP contribution is -2.14. The molecule has 0 aliphatic heterocycles. The second kappa shape index (κ2) is 9.97. The number of benzene rings is 3. The summed E-state index contributed by atoms with van der Waals surface area (Å²) in [5.41, 5.74) is 5.66. The van der Waals surface area contributed by atoms with Gasteiger partial charge in [-0.2, -0.15) is 0 Å². The molecule has 0 unspecified atom stereocenters. The lowest BCUT2D eigenvalue weighted by atomic mass is 10.1. The molecule has 1 N–H and O–H groups in total. The van der Waals surface area contributed by atoms with Crippen LogP contribution in [0.25, 0.3) is 0 Å². The molecule has 0 atom stereocenters. The Morgan fingerprint density at radius 2 is 1.60 bits per heavy atom. The molecule has 0 spiro atoms. The van der Waals surface area contributed by atoms with Gasteiger partial charge < -0.3 is 14.8 Å². The normalized spacial score (nSPS) is 10.5. The standard InChI is InChI=1S/C26H29NO3/c1-5-20-9-7-8-10-24(20)27-26(28)21-11-12-25(29-6-2)22(16-21)17-30-23-14-18(3)13-19(4)15-23/h7-16H,5-6,17H2,1-4H3,(H,27,28). The molecule has 0 aliphatic carbocycles. The van der Waals surface area contributed by atoms with Gasteiger partial charge in [-0.3, -0.25) is 4.79 Å². The van der Waals surface area contributed by atoms with Crippen molar-refractivity contribution in [3.05, 3.63) is 88.5 Å². The number of nitrogens with one attached hydrogen (secondary N) is 1. The number of anilines is 1. The van der Waals surface area contributed by atoms with E-state index in [2.05, 4.69) is 18.3 Å². The van der Waals surface area contributed by atoms with Crippen molar-refractivity contribution >= 4 is 11.6 Å². The molecule has 3 rings (SSSR count). The minimum Gasteiger partial charge on any atom is -0.493 e. The highest BCUT2D eigenvalue weighted by Crippen LogP contribution is 2.25. The molecule has 1 amide bonds. The summed E-state index contributed by atoms with van der Waals surface area (Å²) >= 11 is 0. The lowest BCUT2D eigenvalue weighted by Gasteiger charge is -2.15. The lowest BCUT2D eigenvalue weighted by molar-refractivity contribution is 0.102. The summed E-state index contributed by atoms with van der Waals surface area (Å²) < 4.78 is 11.8. The van der Waals surface area contributed by atoms with E-state index in [4.69, 9.17) is 9.47 Å². The molecule has 0 bridgehead atoms. The predicted octanol–water partition coefficient (Wildman–Crippen LogP) is 6.10. The van der Waals surface area contributed by atoms with Crippen LogP contribution in [-0.2, 0) is 13.0 Å². The number of carbonyl (C=O) groups excluding carboxylic acids is 1. The zero-order valence-electron chi connectivity index (χ0n) is 18.1. The van der Waals surface area contributed by atoms with E-state index in [1.807, 2.05) is 69.3 Å². The minimum atomic E-state index is -0.147. The van der Waals surface area contributed by atoms with E-state index < -0.39 is 0 Å². The summed E-state index contributed by atoms with van der Waals surface area (Å²) in [4.78, 5) is 12.9. The maximum Gasteiger partial charge on any atom is 0.255 e.